The summed E-state index contributed by atoms with van der Waals surface area (Å²) in [6.45, 7) is 2.46. The summed E-state index contributed by atoms with van der Waals surface area (Å²) in [6, 6.07) is 2.80. The van der Waals surface area contributed by atoms with E-state index in [1.54, 1.807) is 7.11 Å². The molecule has 0 radical (unpaired) electrons. The highest BCUT2D eigenvalue weighted by Gasteiger charge is 2.34. The van der Waals surface area contributed by atoms with E-state index in [2.05, 4.69) is 10.0 Å². The van der Waals surface area contributed by atoms with E-state index in [0.29, 0.717) is 18.1 Å². The summed E-state index contributed by atoms with van der Waals surface area (Å²) in [6.07, 6.45) is 1.67. The molecule has 1 aromatic carbocycles. The average Bonchev–Trinajstić information content (AvgIpc) is 2.61. The number of benzene rings is 1. The summed E-state index contributed by atoms with van der Waals surface area (Å²) in [4.78, 5) is -0.0340. The Hall–Kier alpha value is -0.770. The molecule has 150 valence electrons. The third-order valence-electron chi connectivity index (χ3n) is 4.48. The second kappa shape index (κ2) is 9.96. The SMILES string of the molecule is COCC1(CNS(=O)(=O)c2cc(OC)c(OC)cc2Cl)CCNCC1.Cl. The number of nitrogens with one attached hydrogen (secondary N) is 2. The van der Waals surface area contributed by atoms with E-state index < -0.39 is 10.0 Å². The third-order valence-corrected chi connectivity index (χ3v) is 6.35. The molecule has 0 amide bonds. The van der Waals surface area contributed by atoms with Gasteiger partial charge in [-0.1, -0.05) is 11.6 Å². The van der Waals surface area contributed by atoms with E-state index in [9.17, 15) is 8.42 Å². The molecule has 1 fully saturated rings. The molecule has 0 aromatic heterocycles. The highest BCUT2D eigenvalue weighted by Crippen LogP contribution is 2.36. The zero-order valence-corrected chi connectivity index (χ0v) is 17.5. The molecule has 0 aliphatic carbocycles. The number of sulfonamides is 1. The maximum Gasteiger partial charge on any atom is 0.242 e. The first-order chi connectivity index (χ1) is 11.9. The highest BCUT2D eigenvalue weighted by atomic mass is 35.5. The van der Waals surface area contributed by atoms with Crippen LogP contribution in [0, 0.1) is 5.41 Å². The normalized spacial score (nSPS) is 16.6. The molecular formula is C16H26Cl2N2O5S. The van der Waals surface area contributed by atoms with Crippen LogP contribution in [-0.2, 0) is 14.8 Å². The lowest BCUT2D eigenvalue weighted by Crippen LogP contribution is -2.47. The zero-order valence-electron chi connectivity index (χ0n) is 15.1. The van der Waals surface area contributed by atoms with Crippen LogP contribution >= 0.6 is 24.0 Å². The Kier molecular flexibility index (Phi) is 8.92. The lowest BCUT2D eigenvalue weighted by Gasteiger charge is -2.37. The molecule has 0 unspecified atom stereocenters. The van der Waals surface area contributed by atoms with Crippen molar-refractivity contribution in [1.82, 2.24) is 10.0 Å². The summed E-state index contributed by atoms with van der Waals surface area (Å²) in [7, 11) is 0.738. The van der Waals surface area contributed by atoms with Crippen LogP contribution < -0.4 is 19.5 Å². The quantitative estimate of drug-likeness (QED) is 0.658. The van der Waals surface area contributed by atoms with Crippen molar-refractivity contribution < 1.29 is 22.6 Å². The van der Waals surface area contributed by atoms with Gasteiger partial charge in [0, 0.05) is 31.2 Å². The molecule has 1 aliphatic heterocycles. The first-order valence-electron chi connectivity index (χ1n) is 7.98. The number of halogens is 2. The molecule has 2 N–H and O–H groups in total. The van der Waals surface area contributed by atoms with E-state index in [1.165, 1.54) is 26.4 Å². The van der Waals surface area contributed by atoms with Gasteiger partial charge in [-0.2, -0.15) is 0 Å². The second-order valence-electron chi connectivity index (χ2n) is 6.15. The van der Waals surface area contributed by atoms with Gasteiger partial charge in [-0.25, -0.2) is 13.1 Å². The third kappa shape index (κ3) is 5.37. The number of piperidine rings is 1. The minimum Gasteiger partial charge on any atom is -0.493 e. The zero-order chi connectivity index (χ0) is 18.5. The van der Waals surface area contributed by atoms with Crippen LogP contribution in [0.4, 0.5) is 0 Å². The van der Waals surface area contributed by atoms with Crippen molar-refractivity contribution in [2.45, 2.75) is 17.7 Å². The van der Waals surface area contributed by atoms with Gasteiger partial charge in [0.1, 0.15) is 4.90 Å². The Morgan fingerprint density at radius 2 is 1.73 bits per heavy atom. The summed E-state index contributed by atoms with van der Waals surface area (Å²) in [5.74, 6) is 0.682. The van der Waals surface area contributed by atoms with Crippen LogP contribution in [0.3, 0.4) is 0 Å². The summed E-state index contributed by atoms with van der Waals surface area (Å²) < 4.78 is 43.8. The molecule has 0 spiro atoms. The van der Waals surface area contributed by atoms with Crippen LogP contribution in [0.15, 0.2) is 17.0 Å². The van der Waals surface area contributed by atoms with Crippen LogP contribution in [0.25, 0.3) is 0 Å². The highest BCUT2D eigenvalue weighted by molar-refractivity contribution is 7.89. The Bertz CT molecular complexity index is 689. The van der Waals surface area contributed by atoms with Crippen LogP contribution in [-0.4, -0.2) is 56.0 Å². The van der Waals surface area contributed by atoms with Crippen LogP contribution in [0.5, 0.6) is 11.5 Å². The number of hydrogen-bond donors (Lipinski definition) is 2. The number of hydrogen-bond acceptors (Lipinski definition) is 6. The molecule has 1 aliphatic rings. The first kappa shape index (κ1) is 23.3. The summed E-state index contributed by atoms with van der Waals surface area (Å²) >= 11 is 6.15. The van der Waals surface area contributed by atoms with Gasteiger partial charge in [-0.05, 0) is 25.9 Å². The first-order valence-corrected chi connectivity index (χ1v) is 9.84. The molecule has 0 atom stereocenters. The molecule has 7 nitrogen and oxygen atoms in total. The standard InChI is InChI=1S/C16H25ClN2O5S.ClH/c1-22-11-16(4-6-18-7-5-16)10-19-25(20,21)15-9-14(24-3)13(23-2)8-12(15)17;/h8-9,18-19H,4-7,10-11H2,1-3H3;1H. The van der Waals surface area contributed by atoms with Gasteiger partial charge < -0.3 is 19.5 Å². The fraction of sp³-hybridized carbons (Fsp3) is 0.625. The lowest BCUT2D eigenvalue weighted by molar-refractivity contribution is 0.0577. The van der Waals surface area contributed by atoms with Crippen LogP contribution in [0.2, 0.25) is 5.02 Å². The van der Waals surface area contributed by atoms with E-state index in [1.807, 2.05) is 0 Å². The van der Waals surface area contributed by atoms with Crippen molar-refractivity contribution in [1.29, 1.82) is 0 Å². The molecule has 0 bridgehead atoms. The van der Waals surface area contributed by atoms with E-state index in [4.69, 9.17) is 25.8 Å². The predicted molar refractivity (Wildman–Crippen MR) is 103 cm³/mol. The fourth-order valence-corrected chi connectivity index (χ4v) is 4.69. The van der Waals surface area contributed by atoms with E-state index >= 15 is 0 Å². The predicted octanol–water partition coefficient (Wildman–Crippen LogP) is 2.07. The molecule has 1 heterocycles. The van der Waals surface area contributed by atoms with Crippen molar-refractivity contribution in [2.24, 2.45) is 5.41 Å². The number of ether oxygens (including phenoxy) is 3. The molecule has 1 aromatic rings. The maximum absolute atomic E-state index is 12.8. The molecule has 0 saturated carbocycles. The summed E-state index contributed by atoms with van der Waals surface area (Å²) in [5, 5.41) is 3.36. The summed E-state index contributed by atoms with van der Waals surface area (Å²) in [5.41, 5.74) is -0.226. The molecule has 26 heavy (non-hydrogen) atoms. The Balaban J connectivity index is 0.00000338. The van der Waals surface area contributed by atoms with Gasteiger partial charge in [0.05, 0.1) is 25.8 Å². The van der Waals surface area contributed by atoms with E-state index in [0.717, 1.165) is 25.9 Å². The molecule has 1 saturated heterocycles. The van der Waals surface area contributed by atoms with Gasteiger partial charge >= 0.3 is 0 Å². The fourth-order valence-electron chi connectivity index (χ4n) is 3.00. The van der Waals surface area contributed by atoms with Crippen molar-refractivity contribution in [2.75, 3.05) is 47.6 Å². The van der Waals surface area contributed by atoms with E-state index in [-0.39, 0.29) is 34.3 Å². The number of rotatable bonds is 8. The molecule has 2 rings (SSSR count). The van der Waals surface area contributed by atoms with Crippen molar-refractivity contribution in [3.8, 4) is 11.5 Å². The minimum absolute atomic E-state index is 0. The largest absolute Gasteiger partial charge is 0.493 e. The average molecular weight is 429 g/mol. The van der Waals surface area contributed by atoms with Gasteiger partial charge in [0.25, 0.3) is 0 Å². The van der Waals surface area contributed by atoms with Gasteiger partial charge in [-0.3, -0.25) is 0 Å². The van der Waals surface area contributed by atoms with Gasteiger partial charge in [-0.15, -0.1) is 12.4 Å². The van der Waals surface area contributed by atoms with Crippen molar-refractivity contribution in [3.63, 3.8) is 0 Å². The molecule has 10 heteroatoms. The monoisotopic (exact) mass is 428 g/mol. The maximum atomic E-state index is 12.8. The lowest BCUT2D eigenvalue weighted by atomic mass is 9.80. The number of methoxy groups -OCH3 is 3. The Morgan fingerprint density at radius 3 is 2.27 bits per heavy atom. The van der Waals surface area contributed by atoms with Crippen molar-refractivity contribution >= 4 is 34.0 Å². The molecular weight excluding hydrogens is 403 g/mol. The van der Waals surface area contributed by atoms with Gasteiger partial charge in [0.2, 0.25) is 10.0 Å². The Morgan fingerprint density at radius 1 is 1.15 bits per heavy atom. The minimum atomic E-state index is -3.80. The Labute approximate surface area is 166 Å². The van der Waals surface area contributed by atoms with Crippen molar-refractivity contribution in [3.05, 3.63) is 17.2 Å². The van der Waals surface area contributed by atoms with Crippen LogP contribution in [0.1, 0.15) is 12.8 Å². The smallest absolute Gasteiger partial charge is 0.242 e. The topological polar surface area (TPSA) is 85.9 Å². The van der Waals surface area contributed by atoms with Gasteiger partial charge in [0.15, 0.2) is 11.5 Å². The second-order valence-corrected chi connectivity index (χ2v) is 8.29.